The number of nitrogens with zero attached hydrogens (tertiary/aromatic N) is 3. The molecule has 0 aliphatic carbocycles. The Balaban J connectivity index is 1.33. The van der Waals surface area contributed by atoms with Gasteiger partial charge in [-0.1, -0.05) is 30.3 Å². The van der Waals surface area contributed by atoms with Crippen molar-refractivity contribution in [3.63, 3.8) is 0 Å². The van der Waals surface area contributed by atoms with Crippen LogP contribution >= 0.6 is 12.2 Å². The minimum absolute atomic E-state index is 0.0789. The second-order valence-electron chi connectivity index (χ2n) is 7.02. The highest BCUT2D eigenvalue weighted by atomic mass is 32.1. The third-order valence-corrected chi connectivity index (χ3v) is 5.19. The molecule has 0 saturated carbocycles. The molecule has 0 spiro atoms. The van der Waals surface area contributed by atoms with E-state index < -0.39 is 5.91 Å². The zero-order valence-electron chi connectivity index (χ0n) is 17.7. The van der Waals surface area contributed by atoms with Gasteiger partial charge in [-0.2, -0.15) is 10.2 Å². The lowest BCUT2D eigenvalue weighted by Crippen LogP contribution is -2.42. The average Bonchev–Trinajstić information content (AvgIpc) is 3.49. The van der Waals surface area contributed by atoms with Gasteiger partial charge >= 0.3 is 0 Å². The number of rotatable bonds is 7. The van der Waals surface area contributed by atoms with Gasteiger partial charge < -0.3 is 4.74 Å². The minimum Gasteiger partial charge on any atom is -0.497 e. The number of hydrogen-bond donors (Lipinski definition) is 4. The highest BCUT2D eigenvalue weighted by Gasteiger charge is 2.14. The maximum absolute atomic E-state index is 12.3. The quantitative estimate of drug-likeness (QED) is 0.246. The first-order chi connectivity index (χ1) is 16.0. The van der Waals surface area contributed by atoms with Crippen molar-refractivity contribution in [1.29, 1.82) is 0 Å². The molecule has 0 radical (unpaired) electrons. The van der Waals surface area contributed by atoms with Gasteiger partial charge in [0, 0.05) is 24.1 Å². The maximum atomic E-state index is 12.3. The van der Waals surface area contributed by atoms with Gasteiger partial charge in [0.1, 0.15) is 11.4 Å². The summed E-state index contributed by atoms with van der Waals surface area (Å²) in [6.45, 7) is 0.278. The summed E-state index contributed by atoms with van der Waals surface area (Å²) in [6, 6.07) is 18.4. The van der Waals surface area contributed by atoms with Crippen LogP contribution in [0.5, 0.6) is 5.75 Å². The number of carbonyl (C=O) groups excluding carboxylic acids is 2. The summed E-state index contributed by atoms with van der Waals surface area (Å²) in [4.78, 5) is 24.6. The molecule has 168 valence electrons. The molecule has 0 fully saturated rings. The molecule has 33 heavy (non-hydrogen) atoms. The van der Waals surface area contributed by atoms with E-state index in [1.807, 2.05) is 54.6 Å². The van der Waals surface area contributed by atoms with Gasteiger partial charge in [0.25, 0.3) is 5.91 Å². The lowest BCUT2D eigenvalue weighted by atomic mass is 10.1. The number of H-pyrrole nitrogens is 2. The zero-order chi connectivity index (χ0) is 23.2. The average molecular weight is 464 g/mol. The van der Waals surface area contributed by atoms with Crippen LogP contribution in [0.15, 0.2) is 60.7 Å². The Bertz CT molecular complexity index is 1310. The number of aromatic nitrogens is 5. The van der Waals surface area contributed by atoms with Crippen LogP contribution in [0.1, 0.15) is 16.9 Å². The fraction of sp³-hybridized carbons (Fsp3) is 0.136. The molecule has 0 bridgehead atoms. The monoisotopic (exact) mass is 463 g/mol. The van der Waals surface area contributed by atoms with Crippen molar-refractivity contribution in [2.45, 2.75) is 13.0 Å². The van der Waals surface area contributed by atoms with E-state index in [1.165, 1.54) is 0 Å². The lowest BCUT2D eigenvalue weighted by Gasteiger charge is -2.09. The molecule has 0 atom stereocenters. The number of aromatic amines is 2. The van der Waals surface area contributed by atoms with E-state index >= 15 is 0 Å². The van der Waals surface area contributed by atoms with Crippen LogP contribution in [-0.2, 0) is 11.3 Å². The molecule has 11 heteroatoms. The highest BCUT2D eigenvalue weighted by Crippen LogP contribution is 2.21. The van der Waals surface area contributed by atoms with E-state index in [0.717, 1.165) is 16.9 Å². The van der Waals surface area contributed by atoms with Crippen LogP contribution in [0.25, 0.3) is 22.6 Å². The Morgan fingerprint density at radius 3 is 2.48 bits per heavy atom. The molecule has 10 nitrogen and oxygen atoms in total. The summed E-state index contributed by atoms with van der Waals surface area (Å²) in [7, 11) is 1.59. The largest absolute Gasteiger partial charge is 0.497 e. The van der Waals surface area contributed by atoms with Crippen molar-refractivity contribution in [1.82, 2.24) is 35.8 Å². The molecule has 4 rings (SSSR count). The van der Waals surface area contributed by atoms with E-state index in [9.17, 15) is 9.59 Å². The van der Waals surface area contributed by atoms with E-state index in [0.29, 0.717) is 16.3 Å². The molecule has 0 aliphatic heterocycles. The summed E-state index contributed by atoms with van der Waals surface area (Å²) in [6.07, 6.45) is 0.0789. The number of amides is 2. The van der Waals surface area contributed by atoms with Gasteiger partial charge in [-0.3, -0.25) is 35.2 Å². The van der Waals surface area contributed by atoms with E-state index in [1.54, 1.807) is 17.7 Å². The van der Waals surface area contributed by atoms with Crippen LogP contribution in [-0.4, -0.2) is 43.9 Å². The maximum Gasteiger partial charge on any atom is 0.287 e. The first-order valence-electron chi connectivity index (χ1n) is 10.0. The highest BCUT2D eigenvalue weighted by molar-refractivity contribution is 7.71. The van der Waals surface area contributed by atoms with Crippen LogP contribution in [0.2, 0.25) is 0 Å². The zero-order valence-corrected chi connectivity index (χ0v) is 18.5. The van der Waals surface area contributed by atoms with Gasteiger partial charge in [0.15, 0.2) is 10.6 Å². The van der Waals surface area contributed by atoms with Gasteiger partial charge in [0.05, 0.1) is 12.8 Å². The van der Waals surface area contributed by atoms with Crippen LogP contribution < -0.4 is 15.6 Å². The van der Waals surface area contributed by atoms with Crippen LogP contribution in [0, 0.1) is 4.77 Å². The minimum atomic E-state index is -0.503. The van der Waals surface area contributed by atoms with E-state index in [-0.39, 0.29) is 24.6 Å². The van der Waals surface area contributed by atoms with Gasteiger partial charge in [-0.05, 0) is 42.5 Å². The van der Waals surface area contributed by atoms with Gasteiger partial charge in [0.2, 0.25) is 5.91 Å². The Hall–Kier alpha value is -4.25. The fourth-order valence-electron chi connectivity index (χ4n) is 3.15. The molecule has 0 saturated heterocycles. The molecule has 0 unspecified atom stereocenters. The Morgan fingerprint density at radius 2 is 1.76 bits per heavy atom. The first kappa shape index (κ1) is 22.0. The third kappa shape index (κ3) is 5.15. The third-order valence-electron chi connectivity index (χ3n) is 4.88. The number of nitrogens with one attached hydrogen (secondary N) is 4. The number of hydrazine groups is 1. The lowest BCUT2D eigenvalue weighted by molar-refractivity contribution is -0.122. The van der Waals surface area contributed by atoms with Crippen molar-refractivity contribution in [2.75, 3.05) is 7.11 Å². The standard InChI is InChI=1S/C22H21N7O3S/c1-32-16-9-7-15(8-10-16)20-26-28-22(33)29(20)12-11-19(30)25-27-21(31)18-13-17(23-24-18)14-5-3-2-4-6-14/h2-10,13H,11-12H2,1H3,(H,23,24)(H,25,30)(H,27,31)(H,28,33). The predicted octanol–water partition coefficient (Wildman–Crippen LogP) is 2.86. The summed E-state index contributed by atoms with van der Waals surface area (Å²) in [5.41, 5.74) is 7.35. The number of ether oxygens (including phenoxy) is 1. The van der Waals surface area contributed by atoms with Crippen molar-refractivity contribution >= 4 is 24.0 Å². The topological polar surface area (TPSA) is 130 Å². The number of carbonyl (C=O) groups is 2. The molecule has 2 heterocycles. The van der Waals surface area contributed by atoms with E-state index in [4.69, 9.17) is 17.0 Å². The van der Waals surface area contributed by atoms with Crippen LogP contribution in [0.4, 0.5) is 0 Å². The molecule has 0 aliphatic rings. The SMILES string of the molecule is COc1ccc(-c2n[nH]c(=S)n2CCC(=O)NNC(=O)c2cc(-c3ccccc3)n[nH]2)cc1. The summed E-state index contributed by atoms with van der Waals surface area (Å²) in [5.74, 6) is 0.444. The molecule has 2 aromatic heterocycles. The molecular weight excluding hydrogens is 442 g/mol. The van der Waals surface area contributed by atoms with Crippen molar-refractivity contribution in [2.24, 2.45) is 0 Å². The number of methoxy groups -OCH3 is 1. The molecule has 4 N–H and O–H groups in total. The van der Waals surface area contributed by atoms with Crippen LogP contribution in [0.3, 0.4) is 0 Å². The first-order valence-corrected chi connectivity index (χ1v) is 10.5. The smallest absolute Gasteiger partial charge is 0.287 e. The Morgan fingerprint density at radius 1 is 1.00 bits per heavy atom. The van der Waals surface area contributed by atoms with Crippen molar-refractivity contribution in [3.8, 4) is 28.4 Å². The number of benzene rings is 2. The molecule has 4 aromatic rings. The number of hydrogen-bond acceptors (Lipinski definition) is 6. The summed E-state index contributed by atoms with van der Waals surface area (Å²) in [5, 5.41) is 13.8. The molecule has 2 amide bonds. The van der Waals surface area contributed by atoms with Crippen molar-refractivity contribution < 1.29 is 14.3 Å². The molecule has 2 aromatic carbocycles. The summed E-state index contributed by atoms with van der Waals surface area (Å²) < 4.78 is 7.29. The van der Waals surface area contributed by atoms with E-state index in [2.05, 4.69) is 31.2 Å². The fourth-order valence-corrected chi connectivity index (χ4v) is 3.37. The Labute approximate surface area is 194 Å². The van der Waals surface area contributed by atoms with Gasteiger partial charge in [-0.25, -0.2) is 0 Å². The summed E-state index contributed by atoms with van der Waals surface area (Å²) >= 11 is 5.29. The van der Waals surface area contributed by atoms with Gasteiger partial charge in [-0.15, -0.1) is 0 Å². The van der Waals surface area contributed by atoms with Crippen molar-refractivity contribution in [3.05, 3.63) is 71.1 Å². The second-order valence-corrected chi connectivity index (χ2v) is 7.40. The Kier molecular flexibility index (Phi) is 6.60. The second kappa shape index (κ2) is 9.92. The predicted molar refractivity (Wildman–Crippen MR) is 124 cm³/mol. The normalized spacial score (nSPS) is 10.6. The molecular formula is C22H21N7O3S.